The normalized spacial score (nSPS) is 14.8. The first kappa shape index (κ1) is 13.6. The summed E-state index contributed by atoms with van der Waals surface area (Å²) in [5.41, 5.74) is 0. The zero-order valence-corrected chi connectivity index (χ0v) is 8.69. The molecule has 0 bridgehead atoms. The van der Waals surface area contributed by atoms with Crippen LogP contribution in [-0.4, -0.2) is 31.2 Å². The van der Waals surface area contributed by atoms with Crippen LogP contribution in [0.3, 0.4) is 0 Å². The van der Waals surface area contributed by atoms with Gasteiger partial charge in [0.15, 0.2) is 0 Å². The summed E-state index contributed by atoms with van der Waals surface area (Å²) < 4.78 is 1.14. The van der Waals surface area contributed by atoms with Crippen LogP contribution in [0, 0.1) is 0 Å². The van der Waals surface area contributed by atoms with Gasteiger partial charge in [-0.15, -0.1) is 0 Å². The molecule has 0 heterocycles. The van der Waals surface area contributed by atoms with Crippen LogP contribution < -0.4 is 12.4 Å². The quantitative estimate of drug-likeness (QED) is 0.376. The maximum Gasteiger partial charge on any atom is 0.0968 e. The number of halogens is 1. The summed E-state index contributed by atoms with van der Waals surface area (Å²) in [6.45, 7) is 11.8. The second-order valence-electron chi connectivity index (χ2n) is 3.13. The molecule has 11 heavy (non-hydrogen) atoms. The predicted molar refractivity (Wildman–Crippen MR) is 46.9 cm³/mol. The Balaban J connectivity index is 0. The summed E-state index contributed by atoms with van der Waals surface area (Å²) in [6, 6.07) is 0. The fourth-order valence-electron chi connectivity index (χ4n) is 1.23. The fourth-order valence-corrected chi connectivity index (χ4v) is 1.23. The Labute approximate surface area is 77.1 Å². The van der Waals surface area contributed by atoms with Crippen molar-refractivity contribution in [1.82, 2.24) is 0 Å². The highest BCUT2D eigenvalue weighted by molar-refractivity contribution is 4.64. The molecule has 0 aromatic carbocycles. The van der Waals surface area contributed by atoms with Crippen molar-refractivity contribution in [2.75, 3.05) is 26.7 Å². The average molecular weight is 178 g/mol. The number of quaternary nitrogens is 1. The number of nitrogens with zero attached hydrogens (tertiary/aromatic N) is 1. The van der Waals surface area contributed by atoms with Gasteiger partial charge in [-0.1, -0.05) is 13.5 Å². The van der Waals surface area contributed by atoms with Crippen LogP contribution in [0.5, 0.6) is 0 Å². The number of likely N-dealkylation sites (N-methyl/N-ethyl adjacent to an activating group) is 1. The molecule has 0 amide bonds. The van der Waals surface area contributed by atoms with Gasteiger partial charge in [0.1, 0.15) is 0 Å². The molecule has 0 radical (unpaired) electrons. The van der Waals surface area contributed by atoms with Gasteiger partial charge in [-0.2, -0.15) is 0 Å². The van der Waals surface area contributed by atoms with Crippen LogP contribution in [0.25, 0.3) is 0 Å². The average Bonchev–Trinajstić information content (AvgIpc) is 1.89. The van der Waals surface area contributed by atoms with Gasteiger partial charge in [0.05, 0.1) is 26.7 Å². The van der Waals surface area contributed by atoms with Gasteiger partial charge < -0.3 is 16.9 Å². The molecule has 0 fully saturated rings. The van der Waals surface area contributed by atoms with E-state index >= 15 is 0 Å². The lowest BCUT2D eigenvalue weighted by Crippen LogP contribution is -3.00. The van der Waals surface area contributed by atoms with Gasteiger partial charge in [-0.3, -0.25) is 0 Å². The molecular weight excluding hydrogens is 158 g/mol. The van der Waals surface area contributed by atoms with Crippen LogP contribution in [0.15, 0.2) is 12.7 Å². The zero-order chi connectivity index (χ0) is 8.04. The second kappa shape index (κ2) is 6.68. The molecule has 0 N–H and O–H groups in total. The van der Waals surface area contributed by atoms with E-state index in [0.29, 0.717) is 0 Å². The molecule has 0 aliphatic rings. The molecule has 0 aromatic heterocycles. The van der Waals surface area contributed by atoms with E-state index in [-0.39, 0.29) is 12.4 Å². The number of hydrogen-bond acceptors (Lipinski definition) is 0. The zero-order valence-electron chi connectivity index (χ0n) is 7.94. The highest BCUT2D eigenvalue weighted by Gasteiger charge is 2.14. The van der Waals surface area contributed by atoms with Crippen molar-refractivity contribution in [3.8, 4) is 0 Å². The van der Waals surface area contributed by atoms with Crippen LogP contribution in [0.4, 0.5) is 0 Å². The van der Waals surface area contributed by atoms with Crippen LogP contribution in [0.2, 0.25) is 0 Å². The standard InChI is InChI=1S/C9H20N.ClH/c1-5-8-10(4,7-3)9-6-2;/h5H,1,6-9H2,2-4H3;1H/q+1;/p-1. The van der Waals surface area contributed by atoms with E-state index in [0.717, 1.165) is 11.0 Å². The molecule has 2 heteroatoms. The minimum atomic E-state index is 0. The molecule has 0 saturated carbocycles. The Morgan fingerprint density at radius 3 is 2.18 bits per heavy atom. The number of hydrogen-bond donors (Lipinski definition) is 0. The van der Waals surface area contributed by atoms with E-state index in [9.17, 15) is 0 Å². The largest absolute Gasteiger partial charge is 1.00 e. The van der Waals surface area contributed by atoms with Gasteiger partial charge in [0.25, 0.3) is 0 Å². The first-order chi connectivity index (χ1) is 4.68. The van der Waals surface area contributed by atoms with Crippen molar-refractivity contribution in [1.29, 1.82) is 0 Å². The summed E-state index contributed by atoms with van der Waals surface area (Å²) in [5, 5.41) is 0. The Bertz CT molecular complexity index is 104. The lowest BCUT2D eigenvalue weighted by molar-refractivity contribution is -0.902. The SMILES string of the molecule is C=CC[N+](C)(CC)CCC.[Cl-]. The minimum Gasteiger partial charge on any atom is -1.00 e. The Kier molecular flexibility index (Phi) is 8.25. The van der Waals surface area contributed by atoms with Crippen molar-refractivity contribution in [3.63, 3.8) is 0 Å². The van der Waals surface area contributed by atoms with Gasteiger partial charge in [-0.25, -0.2) is 0 Å². The maximum atomic E-state index is 3.76. The van der Waals surface area contributed by atoms with Gasteiger partial charge in [-0.05, 0) is 19.4 Å². The Morgan fingerprint density at radius 2 is 1.91 bits per heavy atom. The van der Waals surface area contributed by atoms with E-state index in [4.69, 9.17) is 0 Å². The Hall–Kier alpha value is -0.0100. The first-order valence-electron chi connectivity index (χ1n) is 4.13. The molecule has 1 unspecified atom stereocenters. The van der Waals surface area contributed by atoms with Gasteiger partial charge >= 0.3 is 0 Å². The van der Waals surface area contributed by atoms with Crippen LogP contribution >= 0.6 is 0 Å². The third-order valence-corrected chi connectivity index (χ3v) is 2.10. The van der Waals surface area contributed by atoms with Gasteiger partial charge in [0.2, 0.25) is 0 Å². The molecule has 0 aliphatic heterocycles. The van der Waals surface area contributed by atoms with Crippen molar-refractivity contribution in [3.05, 3.63) is 12.7 Å². The van der Waals surface area contributed by atoms with Crippen molar-refractivity contribution in [2.45, 2.75) is 20.3 Å². The van der Waals surface area contributed by atoms with Gasteiger partial charge in [0, 0.05) is 0 Å². The fraction of sp³-hybridized carbons (Fsp3) is 0.778. The summed E-state index contributed by atoms with van der Waals surface area (Å²) in [5.74, 6) is 0. The van der Waals surface area contributed by atoms with E-state index in [1.807, 2.05) is 6.08 Å². The third kappa shape index (κ3) is 5.28. The lowest BCUT2D eigenvalue weighted by Gasteiger charge is -2.31. The van der Waals surface area contributed by atoms with Crippen molar-refractivity contribution < 1.29 is 16.9 Å². The summed E-state index contributed by atoms with van der Waals surface area (Å²) in [7, 11) is 2.28. The molecule has 0 rings (SSSR count). The Morgan fingerprint density at radius 1 is 1.36 bits per heavy atom. The van der Waals surface area contributed by atoms with E-state index in [1.54, 1.807) is 0 Å². The van der Waals surface area contributed by atoms with Crippen molar-refractivity contribution >= 4 is 0 Å². The van der Waals surface area contributed by atoms with E-state index in [2.05, 4.69) is 27.5 Å². The van der Waals surface area contributed by atoms with Crippen LogP contribution in [0.1, 0.15) is 20.3 Å². The molecule has 68 valence electrons. The third-order valence-electron chi connectivity index (χ3n) is 2.10. The maximum absolute atomic E-state index is 3.76. The molecule has 0 aromatic rings. The molecule has 1 nitrogen and oxygen atoms in total. The molecular formula is C9H20ClN. The summed E-state index contributed by atoms with van der Waals surface area (Å²) in [4.78, 5) is 0. The van der Waals surface area contributed by atoms with Crippen LogP contribution in [-0.2, 0) is 0 Å². The smallest absolute Gasteiger partial charge is 0.0968 e. The molecule has 0 spiro atoms. The van der Waals surface area contributed by atoms with E-state index in [1.165, 1.54) is 19.5 Å². The van der Waals surface area contributed by atoms with Crippen molar-refractivity contribution in [2.24, 2.45) is 0 Å². The predicted octanol–water partition coefficient (Wildman–Crippen LogP) is -0.947. The molecule has 0 saturated heterocycles. The topological polar surface area (TPSA) is 0 Å². The molecule has 1 atom stereocenters. The molecule has 0 aliphatic carbocycles. The summed E-state index contributed by atoms with van der Waals surface area (Å²) >= 11 is 0. The highest BCUT2D eigenvalue weighted by atomic mass is 35.5. The first-order valence-corrected chi connectivity index (χ1v) is 4.13. The minimum absolute atomic E-state index is 0. The highest BCUT2D eigenvalue weighted by Crippen LogP contribution is 2.02. The number of rotatable bonds is 5. The summed E-state index contributed by atoms with van der Waals surface area (Å²) in [6.07, 6.45) is 3.28. The lowest BCUT2D eigenvalue weighted by atomic mass is 10.3. The second-order valence-corrected chi connectivity index (χ2v) is 3.13. The monoisotopic (exact) mass is 177 g/mol. The van der Waals surface area contributed by atoms with E-state index < -0.39 is 0 Å².